The van der Waals surface area contributed by atoms with E-state index in [9.17, 15) is 13.6 Å². The first-order valence-corrected chi connectivity index (χ1v) is 8.58. The number of benzene rings is 1. The number of allylic oxidation sites excluding steroid dienone is 3. The fourth-order valence-corrected chi connectivity index (χ4v) is 3.42. The molecule has 0 spiro atoms. The SMILES string of the molecule is CCOC(=O)CC(N)C1C=C(c2c(Cl)cccc2Cl)C=C(C)C1(F)F.Cl. The Labute approximate surface area is 167 Å². The Morgan fingerprint density at radius 2 is 1.92 bits per heavy atom. The van der Waals surface area contributed by atoms with E-state index in [1.54, 1.807) is 25.1 Å². The first-order valence-electron chi connectivity index (χ1n) is 7.82. The minimum absolute atomic E-state index is 0. The second-order valence-electron chi connectivity index (χ2n) is 5.87. The molecule has 26 heavy (non-hydrogen) atoms. The quantitative estimate of drug-likeness (QED) is 0.651. The van der Waals surface area contributed by atoms with Crippen LogP contribution in [0.1, 0.15) is 25.8 Å². The summed E-state index contributed by atoms with van der Waals surface area (Å²) >= 11 is 12.4. The molecule has 0 saturated heterocycles. The molecule has 0 saturated carbocycles. The molecule has 2 N–H and O–H groups in total. The fourth-order valence-electron chi connectivity index (χ4n) is 2.80. The first kappa shape index (κ1) is 22.9. The summed E-state index contributed by atoms with van der Waals surface area (Å²) in [5.74, 6) is -5.16. The Hall–Kier alpha value is -1.14. The van der Waals surface area contributed by atoms with Crippen LogP contribution in [0.2, 0.25) is 10.0 Å². The van der Waals surface area contributed by atoms with Crippen LogP contribution in [0, 0.1) is 5.92 Å². The van der Waals surface area contributed by atoms with Gasteiger partial charge in [0, 0.05) is 21.7 Å². The van der Waals surface area contributed by atoms with Crippen LogP contribution in [0.4, 0.5) is 8.78 Å². The van der Waals surface area contributed by atoms with Crippen molar-refractivity contribution in [3.05, 3.63) is 51.5 Å². The number of nitrogens with two attached hydrogens (primary N) is 1. The van der Waals surface area contributed by atoms with Crippen molar-refractivity contribution in [2.45, 2.75) is 32.2 Å². The number of carbonyl (C=O) groups is 1. The lowest BCUT2D eigenvalue weighted by atomic mass is 9.80. The van der Waals surface area contributed by atoms with Gasteiger partial charge in [-0.25, -0.2) is 8.78 Å². The van der Waals surface area contributed by atoms with Gasteiger partial charge in [0.25, 0.3) is 5.92 Å². The molecule has 1 aromatic rings. The standard InChI is InChI=1S/C18H19Cl2F2NO2.ClH/c1-3-25-16(24)9-15(23)12-8-11(7-10(2)18(12,21)22)17-13(19)5-4-6-14(17)20;/h4-8,12,15H,3,9,23H2,1-2H3;1H. The van der Waals surface area contributed by atoms with Gasteiger partial charge in [0.15, 0.2) is 0 Å². The smallest absolute Gasteiger partial charge is 0.307 e. The Morgan fingerprint density at radius 3 is 2.46 bits per heavy atom. The Balaban J connectivity index is 0.00000338. The molecule has 144 valence electrons. The van der Waals surface area contributed by atoms with Gasteiger partial charge in [-0.2, -0.15) is 0 Å². The normalized spacial score (nSPS) is 19.7. The van der Waals surface area contributed by atoms with Crippen LogP contribution in [0.5, 0.6) is 0 Å². The van der Waals surface area contributed by atoms with Gasteiger partial charge in [-0.3, -0.25) is 4.79 Å². The van der Waals surface area contributed by atoms with Crippen molar-refractivity contribution in [3.63, 3.8) is 0 Å². The lowest BCUT2D eigenvalue weighted by Crippen LogP contribution is -2.44. The first-order chi connectivity index (χ1) is 11.7. The van der Waals surface area contributed by atoms with Crippen molar-refractivity contribution in [2.75, 3.05) is 6.61 Å². The zero-order valence-corrected chi connectivity index (χ0v) is 16.6. The number of alkyl halides is 2. The summed E-state index contributed by atoms with van der Waals surface area (Å²) in [5, 5.41) is 0.705. The molecule has 2 rings (SSSR count). The predicted octanol–water partition coefficient (Wildman–Crippen LogP) is 5.29. The third kappa shape index (κ3) is 4.77. The second kappa shape index (κ2) is 9.18. The summed E-state index contributed by atoms with van der Waals surface area (Å²) in [7, 11) is 0. The fraction of sp³-hybridized carbons (Fsp3) is 0.389. The van der Waals surface area contributed by atoms with Crippen molar-refractivity contribution in [3.8, 4) is 0 Å². The Morgan fingerprint density at radius 1 is 1.35 bits per heavy atom. The van der Waals surface area contributed by atoms with Gasteiger partial charge in [-0.1, -0.05) is 35.3 Å². The molecule has 1 aliphatic rings. The monoisotopic (exact) mass is 425 g/mol. The molecule has 2 unspecified atom stereocenters. The summed E-state index contributed by atoms with van der Waals surface area (Å²) in [6.45, 7) is 3.13. The van der Waals surface area contributed by atoms with E-state index in [0.717, 1.165) is 0 Å². The van der Waals surface area contributed by atoms with E-state index < -0.39 is 23.9 Å². The highest BCUT2D eigenvalue weighted by molar-refractivity contribution is 6.37. The van der Waals surface area contributed by atoms with E-state index in [1.807, 2.05) is 0 Å². The van der Waals surface area contributed by atoms with Gasteiger partial charge >= 0.3 is 5.97 Å². The molecule has 1 aromatic carbocycles. The van der Waals surface area contributed by atoms with Crippen LogP contribution >= 0.6 is 35.6 Å². The van der Waals surface area contributed by atoms with E-state index in [1.165, 1.54) is 19.1 Å². The lowest BCUT2D eigenvalue weighted by molar-refractivity contribution is -0.144. The molecule has 1 aliphatic carbocycles. The van der Waals surface area contributed by atoms with E-state index in [0.29, 0.717) is 21.2 Å². The second-order valence-corrected chi connectivity index (χ2v) is 6.68. The number of rotatable bonds is 5. The number of carbonyl (C=O) groups excluding carboxylic acids is 1. The third-order valence-electron chi connectivity index (χ3n) is 4.10. The summed E-state index contributed by atoms with van der Waals surface area (Å²) in [6, 6.07) is 3.83. The average molecular weight is 427 g/mol. The summed E-state index contributed by atoms with van der Waals surface area (Å²) in [6.07, 6.45) is 2.38. The summed E-state index contributed by atoms with van der Waals surface area (Å²) < 4.78 is 34.1. The highest BCUT2D eigenvalue weighted by atomic mass is 35.5. The lowest BCUT2D eigenvalue weighted by Gasteiger charge is -2.33. The number of ether oxygens (including phenoxy) is 1. The molecular formula is C18H20Cl3F2NO2. The maximum Gasteiger partial charge on any atom is 0.307 e. The molecule has 0 bridgehead atoms. The average Bonchev–Trinajstić information content (AvgIpc) is 2.50. The molecule has 2 atom stereocenters. The van der Waals surface area contributed by atoms with Crippen molar-refractivity contribution < 1.29 is 18.3 Å². The largest absolute Gasteiger partial charge is 0.466 e. The number of hydrogen-bond donors (Lipinski definition) is 1. The van der Waals surface area contributed by atoms with Gasteiger partial charge in [0.1, 0.15) is 0 Å². The van der Waals surface area contributed by atoms with Crippen LogP contribution in [0.25, 0.3) is 5.57 Å². The van der Waals surface area contributed by atoms with Gasteiger partial charge in [0.2, 0.25) is 0 Å². The molecule has 3 nitrogen and oxygen atoms in total. The van der Waals surface area contributed by atoms with Crippen molar-refractivity contribution >= 4 is 47.2 Å². The zero-order chi connectivity index (χ0) is 18.8. The maximum absolute atomic E-state index is 14.6. The van der Waals surface area contributed by atoms with Crippen molar-refractivity contribution in [2.24, 2.45) is 11.7 Å². The molecular weight excluding hydrogens is 407 g/mol. The van der Waals surface area contributed by atoms with Gasteiger partial charge in [-0.05, 0) is 43.2 Å². The molecule has 0 fully saturated rings. The topological polar surface area (TPSA) is 52.3 Å². The summed E-state index contributed by atoms with van der Waals surface area (Å²) in [5.41, 5.74) is 6.68. The predicted molar refractivity (Wildman–Crippen MR) is 103 cm³/mol. The van der Waals surface area contributed by atoms with E-state index in [2.05, 4.69) is 0 Å². The van der Waals surface area contributed by atoms with Crippen LogP contribution < -0.4 is 5.73 Å². The van der Waals surface area contributed by atoms with Gasteiger partial charge in [-0.15, -0.1) is 12.4 Å². The highest BCUT2D eigenvalue weighted by Gasteiger charge is 2.46. The van der Waals surface area contributed by atoms with Crippen molar-refractivity contribution in [1.82, 2.24) is 0 Å². The Bertz CT molecular complexity index is 715. The van der Waals surface area contributed by atoms with Gasteiger partial charge in [0.05, 0.1) is 18.9 Å². The number of esters is 1. The molecule has 0 aromatic heterocycles. The maximum atomic E-state index is 14.6. The molecule has 0 radical (unpaired) electrons. The molecule has 0 aliphatic heterocycles. The van der Waals surface area contributed by atoms with Crippen LogP contribution in [0.15, 0.2) is 35.9 Å². The molecule has 0 amide bonds. The Kier molecular flexibility index (Phi) is 8.08. The number of halogens is 5. The van der Waals surface area contributed by atoms with Crippen LogP contribution in [-0.2, 0) is 9.53 Å². The van der Waals surface area contributed by atoms with Crippen LogP contribution in [0.3, 0.4) is 0 Å². The van der Waals surface area contributed by atoms with Gasteiger partial charge < -0.3 is 10.5 Å². The van der Waals surface area contributed by atoms with E-state index in [-0.39, 0.29) is 31.0 Å². The van der Waals surface area contributed by atoms with Crippen molar-refractivity contribution in [1.29, 1.82) is 0 Å². The number of hydrogen-bond acceptors (Lipinski definition) is 3. The third-order valence-corrected chi connectivity index (χ3v) is 4.73. The zero-order valence-electron chi connectivity index (χ0n) is 14.3. The van der Waals surface area contributed by atoms with Crippen LogP contribution in [-0.4, -0.2) is 24.5 Å². The summed E-state index contributed by atoms with van der Waals surface area (Å²) in [4.78, 5) is 11.6. The highest BCUT2D eigenvalue weighted by Crippen LogP contribution is 2.44. The minimum Gasteiger partial charge on any atom is -0.466 e. The van der Waals surface area contributed by atoms with E-state index in [4.69, 9.17) is 33.7 Å². The van der Waals surface area contributed by atoms with E-state index >= 15 is 0 Å². The molecule has 0 heterocycles. The minimum atomic E-state index is -3.18. The molecule has 8 heteroatoms.